The van der Waals surface area contributed by atoms with Crippen molar-refractivity contribution in [2.24, 2.45) is 0 Å². The third-order valence-corrected chi connectivity index (χ3v) is 5.11. The molecule has 2 unspecified atom stereocenters. The van der Waals surface area contributed by atoms with Gasteiger partial charge in [0.25, 0.3) is 0 Å². The van der Waals surface area contributed by atoms with Gasteiger partial charge in [-0.15, -0.1) is 0 Å². The van der Waals surface area contributed by atoms with Gasteiger partial charge in [0, 0.05) is 17.3 Å². The molecule has 3 aromatic rings. The Labute approximate surface area is 248 Å². The van der Waals surface area contributed by atoms with Crippen LogP contribution in [-0.4, -0.2) is 10.1 Å². The molecular formula is C34H56FN2O2P. The Morgan fingerprint density at radius 1 is 0.900 bits per heavy atom. The highest BCUT2D eigenvalue weighted by molar-refractivity contribution is 7.16. The van der Waals surface area contributed by atoms with E-state index >= 15 is 0 Å². The molecule has 1 heterocycles. The van der Waals surface area contributed by atoms with Crippen molar-refractivity contribution in [2.75, 3.05) is 0 Å². The minimum Gasteiger partial charge on any atom is -0.487 e. The molecule has 0 radical (unpaired) electrons. The molecule has 0 bridgehead atoms. The molecule has 0 aliphatic carbocycles. The highest BCUT2D eigenvalue weighted by Gasteiger charge is 2.19. The number of halogens is 1. The molecule has 1 aromatic heterocycles. The predicted molar refractivity (Wildman–Crippen MR) is 177 cm³/mol. The number of pyridine rings is 1. The molecule has 0 saturated heterocycles. The maximum absolute atomic E-state index is 13.8. The lowest BCUT2D eigenvalue weighted by molar-refractivity contribution is 0.268. The molecule has 4 nitrogen and oxygen atoms in total. The van der Waals surface area contributed by atoms with Crippen molar-refractivity contribution in [1.82, 2.24) is 4.98 Å². The Morgan fingerprint density at radius 2 is 1.38 bits per heavy atom. The van der Waals surface area contributed by atoms with Crippen LogP contribution in [-0.2, 0) is 19.6 Å². The monoisotopic (exact) mass is 574 g/mol. The molecule has 40 heavy (non-hydrogen) atoms. The lowest BCUT2D eigenvalue weighted by Gasteiger charge is -2.17. The molecule has 2 atom stereocenters. The number of nitrogens with zero attached hydrogens (tertiary/aromatic N) is 2. The number of nitriles is 1. The van der Waals surface area contributed by atoms with Gasteiger partial charge in [-0.2, -0.15) is 5.26 Å². The van der Waals surface area contributed by atoms with Crippen LogP contribution in [0.4, 0.5) is 4.39 Å². The Balaban J connectivity index is -0.000000287. The van der Waals surface area contributed by atoms with E-state index in [1.54, 1.807) is 6.92 Å². The van der Waals surface area contributed by atoms with Crippen LogP contribution in [0.5, 0.6) is 5.75 Å². The van der Waals surface area contributed by atoms with Gasteiger partial charge in [-0.05, 0) is 43.5 Å². The smallest absolute Gasteiger partial charge is 0.147 e. The van der Waals surface area contributed by atoms with Gasteiger partial charge in [0.15, 0.2) is 0 Å². The van der Waals surface area contributed by atoms with E-state index in [0.29, 0.717) is 29.2 Å². The fraction of sp³-hybridized carbons (Fsp3) is 0.471. The predicted octanol–water partition coefficient (Wildman–Crippen LogP) is 10.5. The summed E-state index contributed by atoms with van der Waals surface area (Å²) in [6.45, 7) is 22.0. The minimum atomic E-state index is -1.30. The summed E-state index contributed by atoms with van der Waals surface area (Å²) < 4.78 is 19.6. The fourth-order valence-corrected chi connectivity index (χ4v) is 3.27. The number of hydrogen-bond acceptors (Lipinski definition) is 4. The normalized spacial score (nSPS) is 9.22. The molecule has 0 spiro atoms. The highest BCUT2D eigenvalue weighted by Crippen LogP contribution is 2.37. The summed E-state index contributed by atoms with van der Waals surface area (Å²) in [7, 11) is 2.09. The average molecular weight is 575 g/mol. The summed E-state index contributed by atoms with van der Waals surface area (Å²) in [6, 6.07) is 17.7. The number of aryl methyl sites for hydroxylation is 3. The molecule has 0 aliphatic heterocycles. The third-order valence-electron chi connectivity index (χ3n) is 4.77. The van der Waals surface area contributed by atoms with Gasteiger partial charge < -0.3 is 9.84 Å². The van der Waals surface area contributed by atoms with Crippen LogP contribution in [0.15, 0.2) is 54.7 Å². The van der Waals surface area contributed by atoms with E-state index in [1.165, 1.54) is 17.3 Å². The van der Waals surface area contributed by atoms with Crippen LogP contribution in [0, 0.1) is 25.2 Å². The molecule has 226 valence electrons. The zero-order valence-electron chi connectivity index (χ0n) is 26.1. The van der Waals surface area contributed by atoms with Crippen LogP contribution in [0.2, 0.25) is 0 Å². The second-order valence-corrected chi connectivity index (χ2v) is 7.69. The number of aromatic nitrogens is 1. The van der Waals surface area contributed by atoms with Crippen LogP contribution in [0.3, 0.4) is 0 Å². The Morgan fingerprint density at radius 3 is 1.77 bits per heavy atom. The highest BCUT2D eigenvalue weighted by atomic mass is 31.0. The summed E-state index contributed by atoms with van der Waals surface area (Å²) in [5, 5.41) is 17.8. The number of alkyl halides is 1. The largest absolute Gasteiger partial charge is 0.487 e. The van der Waals surface area contributed by atoms with E-state index in [4.69, 9.17) is 10.00 Å². The van der Waals surface area contributed by atoms with Crippen LogP contribution in [0.1, 0.15) is 115 Å². The van der Waals surface area contributed by atoms with E-state index in [2.05, 4.69) is 27.2 Å². The SMILES string of the molecule is C.CC.CC.CC.CC.CCc1ccc(C#N)cc1.Cc1ccc(COc2c(C)ncc(CO)c2C(F)P)cc1. The average Bonchev–Trinajstić information content (AvgIpc) is 3.01. The molecular weight excluding hydrogens is 518 g/mol. The molecule has 3 rings (SSSR count). The van der Waals surface area contributed by atoms with Gasteiger partial charge in [0.1, 0.15) is 18.3 Å². The van der Waals surface area contributed by atoms with Crippen molar-refractivity contribution in [1.29, 1.82) is 5.26 Å². The van der Waals surface area contributed by atoms with Crippen molar-refractivity contribution in [3.8, 4) is 11.8 Å². The number of rotatable bonds is 6. The summed E-state index contributed by atoms with van der Waals surface area (Å²) in [5.41, 5.74) is 5.59. The van der Waals surface area contributed by atoms with Crippen molar-refractivity contribution in [3.63, 3.8) is 0 Å². The topological polar surface area (TPSA) is 66.1 Å². The number of aliphatic hydroxyl groups excluding tert-OH is 1. The quantitative estimate of drug-likeness (QED) is 0.297. The van der Waals surface area contributed by atoms with Gasteiger partial charge >= 0.3 is 0 Å². The van der Waals surface area contributed by atoms with Gasteiger partial charge in [-0.3, -0.25) is 4.98 Å². The summed E-state index contributed by atoms with van der Waals surface area (Å²) in [5.74, 6) is -0.897. The van der Waals surface area contributed by atoms with Gasteiger partial charge in [-0.25, -0.2) is 4.39 Å². The van der Waals surface area contributed by atoms with E-state index in [0.717, 1.165) is 17.5 Å². The zero-order chi connectivity index (χ0) is 30.8. The van der Waals surface area contributed by atoms with E-state index in [1.807, 2.05) is 111 Å². The first-order valence-electron chi connectivity index (χ1n) is 14.1. The lowest BCUT2D eigenvalue weighted by atomic mass is 10.1. The van der Waals surface area contributed by atoms with Crippen molar-refractivity contribution in [3.05, 3.63) is 93.8 Å². The van der Waals surface area contributed by atoms with Gasteiger partial charge in [0.2, 0.25) is 0 Å². The zero-order valence-corrected chi connectivity index (χ0v) is 27.3. The van der Waals surface area contributed by atoms with E-state index < -0.39 is 5.91 Å². The molecule has 6 heteroatoms. The summed E-state index contributed by atoms with van der Waals surface area (Å²) in [6.07, 6.45) is 2.52. The molecule has 0 aliphatic rings. The maximum atomic E-state index is 13.8. The van der Waals surface area contributed by atoms with Crippen LogP contribution >= 0.6 is 9.24 Å². The first-order chi connectivity index (χ1) is 18.9. The molecule has 0 saturated carbocycles. The number of aliphatic hydroxyl groups is 1. The number of hydrogen-bond donors (Lipinski definition) is 1. The Hall–Kier alpha value is -2.80. The molecule has 1 N–H and O–H groups in total. The van der Waals surface area contributed by atoms with Crippen LogP contribution < -0.4 is 4.74 Å². The molecule has 2 aromatic carbocycles. The van der Waals surface area contributed by atoms with Crippen molar-refractivity contribution in [2.45, 2.75) is 109 Å². The minimum absolute atomic E-state index is 0. The molecule has 0 fully saturated rings. The Kier molecular flexibility index (Phi) is 32.3. The van der Waals surface area contributed by atoms with E-state index in [9.17, 15) is 9.50 Å². The molecule has 0 amide bonds. The third kappa shape index (κ3) is 17.0. The lowest BCUT2D eigenvalue weighted by Crippen LogP contribution is -2.05. The van der Waals surface area contributed by atoms with E-state index in [-0.39, 0.29) is 14.0 Å². The number of ether oxygens (including phenoxy) is 1. The maximum Gasteiger partial charge on any atom is 0.147 e. The second-order valence-electron chi connectivity index (χ2n) is 7.11. The van der Waals surface area contributed by atoms with Crippen LogP contribution in [0.25, 0.3) is 0 Å². The second kappa shape index (κ2) is 29.2. The standard InChI is InChI=1S/C16H19FNO2P.C9H9N.4C2H6.CH4/c1-10-3-5-12(6-4-10)9-20-15-11(2)18-7-13(8-19)14(15)16(17)21;1-2-8-3-5-9(7-10)6-4-8;4*1-2;/h3-7,16,19H,8-9,21H2,1-2H3;3-6H,2H2,1H3;4*1-2H3;1H4. The Bertz CT molecular complexity index is 1020. The summed E-state index contributed by atoms with van der Waals surface area (Å²) in [4.78, 5) is 4.16. The van der Waals surface area contributed by atoms with Gasteiger partial charge in [0.05, 0.1) is 23.9 Å². The van der Waals surface area contributed by atoms with Crippen molar-refractivity contribution < 1.29 is 14.2 Å². The van der Waals surface area contributed by atoms with Gasteiger partial charge in [-0.1, -0.05) is 121 Å². The first kappa shape index (κ1) is 44.2. The summed E-state index contributed by atoms with van der Waals surface area (Å²) >= 11 is 0. The first-order valence-corrected chi connectivity index (χ1v) is 14.7. The fourth-order valence-electron chi connectivity index (χ4n) is 2.91. The van der Waals surface area contributed by atoms with Crippen molar-refractivity contribution >= 4 is 9.24 Å². The number of benzene rings is 2.